The largest absolute Gasteiger partial charge is 0.380 e. The standard InChI is InChI=1S/C23H22ClN7O2/c1-2-33-10-9-31-13-17-20(19-16-11-15(24)3-4-18(16)27-22(19)32)28-23(29-21(17)30-31)26-12-14-5-7-25-8-6-14/h3-8,11,13,19H,2,9-10,12H2,1H3,(H,27,32)(H,26,29,30). The number of amides is 1. The number of carbonyl (C=O) groups excluding carboxylic acids is 1. The summed E-state index contributed by atoms with van der Waals surface area (Å²) in [6, 6.07) is 9.19. The minimum Gasteiger partial charge on any atom is -0.380 e. The Hall–Kier alpha value is -3.56. The molecule has 0 saturated heterocycles. The summed E-state index contributed by atoms with van der Waals surface area (Å²) in [6.07, 6.45) is 5.33. The van der Waals surface area contributed by atoms with E-state index in [4.69, 9.17) is 21.3 Å². The zero-order valence-corrected chi connectivity index (χ0v) is 18.7. The molecule has 33 heavy (non-hydrogen) atoms. The molecule has 0 aliphatic carbocycles. The lowest BCUT2D eigenvalue weighted by molar-refractivity contribution is -0.116. The monoisotopic (exact) mass is 463 g/mol. The van der Waals surface area contributed by atoms with Crippen molar-refractivity contribution in [2.75, 3.05) is 23.8 Å². The Balaban J connectivity index is 1.56. The molecule has 9 nitrogen and oxygen atoms in total. The fraction of sp³-hybridized carbons (Fsp3) is 0.261. The lowest BCUT2D eigenvalue weighted by Gasteiger charge is -2.12. The van der Waals surface area contributed by atoms with Crippen LogP contribution in [0.15, 0.2) is 48.9 Å². The Kier molecular flexibility index (Phi) is 5.89. The quantitative estimate of drug-likeness (QED) is 0.384. The number of hydrogen-bond donors (Lipinski definition) is 2. The lowest BCUT2D eigenvalue weighted by Crippen LogP contribution is -2.16. The predicted molar refractivity (Wildman–Crippen MR) is 125 cm³/mol. The molecule has 10 heteroatoms. The maximum Gasteiger partial charge on any atom is 0.238 e. The molecule has 0 radical (unpaired) electrons. The van der Waals surface area contributed by atoms with E-state index >= 15 is 0 Å². The van der Waals surface area contributed by atoms with Gasteiger partial charge in [0.1, 0.15) is 5.92 Å². The van der Waals surface area contributed by atoms with Crippen LogP contribution in [0.5, 0.6) is 0 Å². The smallest absolute Gasteiger partial charge is 0.238 e. The van der Waals surface area contributed by atoms with Crippen LogP contribution in [0.25, 0.3) is 11.0 Å². The molecule has 1 aromatic carbocycles. The maximum atomic E-state index is 13.0. The molecule has 0 saturated carbocycles. The highest BCUT2D eigenvalue weighted by Gasteiger charge is 2.35. The third-order valence-corrected chi connectivity index (χ3v) is 5.68. The molecule has 4 heterocycles. The number of nitrogens with zero attached hydrogens (tertiary/aromatic N) is 5. The molecule has 1 atom stereocenters. The summed E-state index contributed by atoms with van der Waals surface area (Å²) in [7, 11) is 0. The number of halogens is 1. The molecule has 0 bridgehead atoms. The summed E-state index contributed by atoms with van der Waals surface area (Å²) in [5, 5.41) is 12.1. The molecular weight excluding hydrogens is 442 g/mol. The number of pyridine rings is 1. The molecule has 2 N–H and O–H groups in total. The summed E-state index contributed by atoms with van der Waals surface area (Å²) in [5.74, 6) is -0.378. The van der Waals surface area contributed by atoms with Crippen molar-refractivity contribution in [3.8, 4) is 0 Å². The minimum atomic E-state index is -0.616. The van der Waals surface area contributed by atoms with Crippen molar-refractivity contribution in [2.45, 2.75) is 25.9 Å². The van der Waals surface area contributed by atoms with Crippen LogP contribution >= 0.6 is 11.6 Å². The van der Waals surface area contributed by atoms with E-state index in [1.807, 2.05) is 31.3 Å². The molecule has 4 aromatic rings. The van der Waals surface area contributed by atoms with Crippen molar-refractivity contribution in [2.24, 2.45) is 0 Å². The molecule has 5 rings (SSSR count). The highest BCUT2D eigenvalue weighted by atomic mass is 35.5. The second kappa shape index (κ2) is 9.13. The number of ether oxygens (including phenoxy) is 1. The molecule has 3 aromatic heterocycles. The van der Waals surface area contributed by atoms with Crippen LogP contribution in [-0.2, 0) is 22.6 Å². The minimum absolute atomic E-state index is 0.158. The van der Waals surface area contributed by atoms with E-state index in [1.165, 1.54) is 0 Å². The van der Waals surface area contributed by atoms with Gasteiger partial charge in [0.15, 0.2) is 5.65 Å². The van der Waals surface area contributed by atoms with Gasteiger partial charge in [0.25, 0.3) is 0 Å². The van der Waals surface area contributed by atoms with E-state index in [-0.39, 0.29) is 5.91 Å². The fourth-order valence-corrected chi connectivity index (χ4v) is 4.06. The van der Waals surface area contributed by atoms with E-state index in [0.29, 0.717) is 54.0 Å². The van der Waals surface area contributed by atoms with E-state index in [1.54, 1.807) is 29.2 Å². The SMILES string of the molecule is CCOCCn1cc2c(C3C(=O)Nc4ccc(Cl)cc43)nc(NCc3ccncc3)nc2n1. The van der Waals surface area contributed by atoms with Crippen LogP contribution in [0, 0.1) is 0 Å². The van der Waals surface area contributed by atoms with Crippen molar-refractivity contribution >= 4 is 40.2 Å². The number of hydrogen-bond acceptors (Lipinski definition) is 7. The summed E-state index contributed by atoms with van der Waals surface area (Å²) in [5.41, 5.74) is 3.65. The van der Waals surface area contributed by atoms with Crippen LogP contribution in [0.4, 0.5) is 11.6 Å². The van der Waals surface area contributed by atoms with Gasteiger partial charge < -0.3 is 15.4 Å². The number of rotatable bonds is 8. The van der Waals surface area contributed by atoms with Crippen LogP contribution in [0.3, 0.4) is 0 Å². The van der Waals surface area contributed by atoms with Gasteiger partial charge in [-0.05, 0) is 48.4 Å². The molecule has 1 amide bonds. The molecule has 1 aliphatic heterocycles. The molecular formula is C23H22ClN7O2. The number of benzene rings is 1. The Bertz CT molecular complexity index is 1310. The zero-order valence-electron chi connectivity index (χ0n) is 18.0. The first-order valence-corrected chi connectivity index (χ1v) is 11.1. The van der Waals surface area contributed by atoms with Gasteiger partial charge in [-0.1, -0.05) is 11.6 Å². The summed E-state index contributed by atoms with van der Waals surface area (Å²) in [4.78, 5) is 26.4. The summed E-state index contributed by atoms with van der Waals surface area (Å²) < 4.78 is 7.23. The summed E-state index contributed by atoms with van der Waals surface area (Å²) in [6.45, 7) is 4.20. The van der Waals surface area contributed by atoms with Gasteiger partial charge in [-0.15, -0.1) is 0 Å². The van der Waals surface area contributed by atoms with Gasteiger partial charge >= 0.3 is 0 Å². The average Bonchev–Trinajstić information content (AvgIpc) is 3.37. The third-order valence-electron chi connectivity index (χ3n) is 5.44. The molecule has 1 aliphatic rings. The topological polar surface area (TPSA) is 107 Å². The second-order valence-electron chi connectivity index (χ2n) is 7.62. The molecule has 0 fully saturated rings. The van der Waals surface area contributed by atoms with Gasteiger partial charge in [0.2, 0.25) is 11.9 Å². The van der Waals surface area contributed by atoms with Crippen molar-refractivity contribution in [3.63, 3.8) is 0 Å². The highest BCUT2D eigenvalue weighted by Crippen LogP contribution is 2.40. The first-order chi connectivity index (χ1) is 16.1. The van der Waals surface area contributed by atoms with Crippen LogP contribution in [0.1, 0.15) is 29.7 Å². The Labute approximate surface area is 195 Å². The molecule has 0 spiro atoms. The van der Waals surface area contributed by atoms with Crippen LogP contribution in [0.2, 0.25) is 5.02 Å². The van der Waals surface area contributed by atoms with Crippen molar-refractivity contribution in [3.05, 3.63) is 70.8 Å². The normalized spacial score (nSPS) is 15.0. The number of aromatic nitrogens is 5. The predicted octanol–water partition coefficient (Wildman–Crippen LogP) is 3.61. The Morgan fingerprint density at radius 3 is 2.88 bits per heavy atom. The molecule has 168 valence electrons. The fourth-order valence-electron chi connectivity index (χ4n) is 3.88. The number of fused-ring (bicyclic) bond motifs is 2. The van der Waals surface area contributed by atoms with Crippen molar-refractivity contribution in [1.82, 2.24) is 24.7 Å². The Morgan fingerprint density at radius 2 is 2.06 bits per heavy atom. The third kappa shape index (κ3) is 4.37. The average molecular weight is 464 g/mol. The first-order valence-electron chi connectivity index (χ1n) is 10.7. The Morgan fingerprint density at radius 1 is 1.21 bits per heavy atom. The van der Waals surface area contributed by atoms with Crippen LogP contribution < -0.4 is 10.6 Å². The first kappa shape index (κ1) is 21.3. The maximum absolute atomic E-state index is 13.0. The highest BCUT2D eigenvalue weighted by molar-refractivity contribution is 6.31. The summed E-state index contributed by atoms with van der Waals surface area (Å²) >= 11 is 6.25. The van der Waals surface area contributed by atoms with Gasteiger partial charge in [-0.3, -0.25) is 14.5 Å². The van der Waals surface area contributed by atoms with Gasteiger partial charge in [0.05, 0.1) is 24.2 Å². The van der Waals surface area contributed by atoms with E-state index < -0.39 is 5.92 Å². The number of carbonyl (C=O) groups is 1. The van der Waals surface area contributed by atoms with Gasteiger partial charge in [0, 0.05) is 42.5 Å². The van der Waals surface area contributed by atoms with E-state index in [9.17, 15) is 4.79 Å². The van der Waals surface area contributed by atoms with Gasteiger partial charge in [-0.25, -0.2) is 4.98 Å². The van der Waals surface area contributed by atoms with Gasteiger partial charge in [-0.2, -0.15) is 10.1 Å². The van der Waals surface area contributed by atoms with Crippen molar-refractivity contribution in [1.29, 1.82) is 0 Å². The van der Waals surface area contributed by atoms with Crippen LogP contribution in [-0.4, -0.2) is 43.9 Å². The molecule has 1 unspecified atom stereocenters. The zero-order chi connectivity index (χ0) is 22.8. The number of nitrogens with one attached hydrogen (secondary N) is 2. The second-order valence-corrected chi connectivity index (χ2v) is 8.06. The van der Waals surface area contributed by atoms with E-state index in [0.717, 1.165) is 16.8 Å². The lowest BCUT2D eigenvalue weighted by atomic mass is 9.95. The van der Waals surface area contributed by atoms with E-state index in [2.05, 4.69) is 25.7 Å². The van der Waals surface area contributed by atoms with Crippen molar-refractivity contribution < 1.29 is 9.53 Å². The number of anilines is 2.